The van der Waals surface area contributed by atoms with Gasteiger partial charge in [-0.15, -0.1) is 0 Å². The Labute approximate surface area is 199 Å². The first-order valence-corrected chi connectivity index (χ1v) is 11.8. The van der Waals surface area contributed by atoms with Gasteiger partial charge in [0.1, 0.15) is 11.6 Å². The minimum Gasteiger partial charge on any atom is -0.381 e. The Kier molecular flexibility index (Phi) is 6.51. The third kappa shape index (κ3) is 5.80. The average molecular weight is 499 g/mol. The SMILES string of the molecule is FC1(F)CN(c2nc(Nc3cc(C(F)(F)F)ccn3)cc(C3CCN(CC4CCCOC4)C3)n2)C1. The summed E-state index contributed by atoms with van der Waals surface area (Å²) in [6.45, 7) is 3.19. The number of ether oxygens (including phenoxy) is 1. The highest BCUT2D eigenvalue weighted by molar-refractivity contribution is 5.56. The molecule has 0 saturated carbocycles. The van der Waals surface area contributed by atoms with Crippen molar-refractivity contribution in [3.63, 3.8) is 0 Å². The first kappa shape index (κ1) is 24.1. The third-order valence-electron chi connectivity index (χ3n) is 6.67. The van der Waals surface area contributed by atoms with Crippen molar-refractivity contribution in [2.24, 2.45) is 5.92 Å². The van der Waals surface area contributed by atoms with Crippen LogP contribution in [0.15, 0.2) is 24.4 Å². The van der Waals surface area contributed by atoms with Crippen LogP contribution in [0, 0.1) is 5.92 Å². The van der Waals surface area contributed by atoms with Gasteiger partial charge in [0.2, 0.25) is 5.95 Å². The highest BCUT2D eigenvalue weighted by Gasteiger charge is 2.45. The summed E-state index contributed by atoms with van der Waals surface area (Å²) in [5, 5.41) is 2.81. The van der Waals surface area contributed by atoms with E-state index < -0.39 is 30.8 Å². The molecule has 0 bridgehead atoms. The number of likely N-dealkylation sites (tertiary alicyclic amines) is 1. The first-order chi connectivity index (χ1) is 16.6. The van der Waals surface area contributed by atoms with Crippen LogP contribution < -0.4 is 10.2 Å². The molecular weight excluding hydrogens is 471 g/mol. The molecule has 2 aromatic rings. The zero-order chi connectivity index (χ0) is 24.6. The Morgan fingerprint density at radius 3 is 2.66 bits per heavy atom. The average Bonchev–Trinajstić information content (AvgIpc) is 3.26. The van der Waals surface area contributed by atoms with Gasteiger partial charge in [-0.25, -0.2) is 18.7 Å². The summed E-state index contributed by atoms with van der Waals surface area (Å²) in [7, 11) is 0. The fourth-order valence-electron chi connectivity index (χ4n) is 4.88. The van der Waals surface area contributed by atoms with Gasteiger partial charge >= 0.3 is 6.18 Å². The second kappa shape index (κ2) is 9.45. The quantitative estimate of drug-likeness (QED) is 0.596. The number of aromatic nitrogens is 3. The molecule has 7 nitrogen and oxygen atoms in total. The molecule has 3 aliphatic rings. The molecule has 3 aliphatic heterocycles. The normalized spacial score (nSPS) is 24.9. The van der Waals surface area contributed by atoms with Gasteiger partial charge < -0.3 is 19.9 Å². The molecule has 5 rings (SSSR count). The maximum atomic E-state index is 13.5. The van der Waals surface area contributed by atoms with Crippen LogP contribution in [0.2, 0.25) is 0 Å². The molecule has 5 heterocycles. The van der Waals surface area contributed by atoms with E-state index in [-0.39, 0.29) is 23.5 Å². The monoisotopic (exact) mass is 498 g/mol. The van der Waals surface area contributed by atoms with Crippen LogP contribution in [0.4, 0.5) is 39.5 Å². The van der Waals surface area contributed by atoms with Crippen LogP contribution in [0.5, 0.6) is 0 Å². The predicted octanol–water partition coefficient (Wildman–Crippen LogP) is 4.31. The molecular formula is C23H27F5N6O. The second-order valence-electron chi connectivity index (χ2n) is 9.57. The first-order valence-electron chi connectivity index (χ1n) is 11.8. The minimum atomic E-state index is -4.51. The van der Waals surface area contributed by atoms with Gasteiger partial charge in [-0.2, -0.15) is 18.2 Å². The van der Waals surface area contributed by atoms with Crippen LogP contribution in [-0.4, -0.2) is 71.7 Å². The van der Waals surface area contributed by atoms with E-state index in [1.165, 1.54) is 4.90 Å². The highest BCUT2D eigenvalue weighted by atomic mass is 19.4. The number of pyridine rings is 1. The number of nitrogens with zero attached hydrogens (tertiary/aromatic N) is 5. The summed E-state index contributed by atoms with van der Waals surface area (Å²) in [5.41, 5.74) is -0.160. The van der Waals surface area contributed by atoms with Crippen LogP contribution >= 0.6 is 0 Å². The van der Waals surface area contributed by atoms with Gasteiger partial charge in [0.05, 0.1) is 31.0 Å². The van der Waals surface area contributed by atoms with Crippen molar-refractivity contribution in [1.82, 2.24) is 19.9 Å². The van der Waals surface area contributed by atoms with Crippen molar-refractivity contribution in [2.45, 2.75) is 37.3 Å². The number of halogens is 5. The van der Waals surface area contributed by atoms with Crippen LogP contribution in [-0.2, 0) is 10.9 Å². The van der Waals surface area contributed by atoms with E-state index in [2.05, 4.69) is 25.2 Å². The minimum absolute atomic E-state index is 0.0327. The molecule has 2 atom stereocenters. The van der Waals surface area contributed by atoms with Gasteiger partial charge in [-0.05, 0) is 43.9 Å². The lowest BCUT2D eigenvalue weighted by molar-refractivity contribution is -0.137. The molecule has 35 heavy (non-hydrogen) atoms. The van der Waals surface area contributed by atoms with E-state index in [0.717, 1.165) is 70.4 Å². The predicted molar refractivity (Wildman–Crippen MR) is 119 cm³/mol. The third-order valence-corrected chi connectivity index (χ3v) is 6.67. The molecule has 2 aromatic heterocycles. The van der Waals surface area contributed by atoms with Crippen molar-refractivity contribution < 1.29 is 26.7 Å². The molecule has 3 fully saturated rings. The number of anilines is 3. The van der Waals surface area contributed by atoms with Crippen molar-refractivity contribution >= 4 is 17.6 Å². The molecule has 0 amide bonds. The summed E-state index contributed by atoms with van der Waals surface area (Å²) in [6, 6.07) is 3.46. The molecule has 0 spiro atoms. The maximum Gasteiger partial charge on any atom is 0.416 e. The Hall–Kier alpha value is -2.60. The lowest BCUT2D eigenvalue weighted by Crippen LogP contribution is -2.57. The molecule has 1 N–H and O–H groups in total. The van der Waals surface area contributed by atoms with Crippen molar-refractivity contribution in [1.29, 1.82) is 0 Å². The van der Waals surface area contributed by atoms with Crippen molar-refractivity contribution in [2.75, 3.05) is 56.2 Å². The number of nitrogens with one attached hydrogen (secondary N) is 1. The summed E-state index contributed by atoms with van der Waals surface area (Å²) in [4.78, 5) is 16.6. The molecule has 0 radical (unpaired) electrons. The second-order valence-corrected chi connectivity index (χ2v) is 9.57. The molecule has 190 valence electrons. The summed E-state index contributed by atoms with van der Waals surface area (Å²) in [6.07, 6.45) is -0.396. The zero-order valence-corrected chi connectivity index (χ0v) is 19.1. The Morgan fingerprint density at radius 2 is 1.94 bits per heavy atom. The number of rotatable bonds is 6. The van der Waals surface area contributed by atoms with E-state index in [0.29, 0.717) is 11.6 Å². The largest absolute Gasteiger partial charge is 0.416 e. The summed E-state index contributed by atoms with van der Waals surface area (Å²) < 4.78 is 71.9. The van der Waals surface area contributed by atoms with Crippen molar-refractivity contribution in [3.8, 4) is 0 Å². The fraction of sp³-hybridized carbons (Fsp3) is 0.609. The van der Waals surface area contributed by atoms with Gasteiger partial charge in [0.25, 0.3) is 5.92 Å². The van der Waals surface area contributed by atoms with Gasteiger partial charge in [-0.1, -0.05) is 0 Å². The number of hydrogen-bond acceptors (Lipinski definition) is 7. The topological polar surface area (TPSA) is 66.4 Å². The lowest BCUT2D eigenvalue weighted by Gasteiger charge is -2.38. The maximum absolute atomic E-state index is 13.5. The number of hydrogen-bond donors (Lipinski definition) is 1. The van der Waals surface area contributed by atoms with E-state index >= 15 is 0 Å². The van der Waals surface area contributed by atoms with E-state index in [1.807, 2.05) is 0 Å². The Morgan fingerprint density at radius 1 is 1.11 bits per heavy atom. The summed E-state index contributed by atoms with van der Waals surface area (Å²) in [5.74, 6) is -1.90. The van der Waals surface area contributed by atoms with E-state index in [9.17, 15) is 22.0 Å². The smallest absolute Gasteiger partial charge is 0.381 e. The fourth-order valence-corrected chi connectivity index (χ4v) is 4.88. The van der Waals surface area contributed by atoms with Crippen LogP contribution in [0.25, 0.3) is 0 Å². The van der Waals surface area contributed by atoms with Crippen molar-refractivity contribution in [3.05, 3.63) is 35.7 Å². The van der Waals surface area contributed by atoms with Gasteiger partial charge in [0.15, 0.2) is 0 Å². The Balaban J connectivity index is 1.35. The van der Waals surface area contributed by atoms with Gasteiger partial charge in [0, 0.05) is 37.9 Å². The molecule has 0 aliphatic carbocycles. The Bertz CT molecular complexity index is 1040. The van der Waals surface area contributed by atoms with Crippen LogP contribution in [0.3, 0.4) is 0 Å². The van der Waals surface area contributed by atoms with Crippen LogP contribution in [0.1, 0.15) is 36.4 Å². The highest BCUT2D eigenvalue weighted by Crippen LogP contribution is 2.35. The molecule has 0 aromatic carbocycles. The molecule has 2 unspecified atom stereocenters. The molecule has 3 saturated heterocycles. The zero-order valence-electron chi connectivity index (χ0n) is 19.1. The standard InChI is InChI=1S/C23H27F5N6O/c24-22(25)13-34(14-22)21-30-18(16-4-6-33(11-16)10-15-2-1-7-35-12-15)9-20(32-21)31-19-8-17(3-5-29-19)23(26,27)28/h3,5,8-9,15-16H,1-2,4,6-7,10-14H2,(H,29,30,31,32). The molecule has 12 heteroatoms. The summed E-state index contributed by atoms with van der Waals surface area (Å²) >= 11 is 0. The lowest BCUT2D eigenvalue weighted by atomic mass is 10.0. The van der Waals surface area contributed by atoms with E-state index in [1.54, 1.807) is 6.07 Å². The number of alkyl halides is 5. The van der Waals surface area contributed by atoms with Gasteiger partial charge in [-0.3, -0.25) is 0 Å². The van der Waals surface area contributed by atoms with E-state index in [4.69, 9.17) is 4.74 Å².